The highest BCUT2D eigenvalue weighted by Gasteiger charge is 2.33. The minimum absolute atomic E-state index is 0.791. The number of likely N-dealkylation sites (N-methyl/N-ethyl adjacent to an activating group) is 1. The fraction of sp³-hybridized carbons (Fsp3) is 0.778. The molecule has 0 aromatic rings. The maximum absolute atomic E-state index is 2.54. The van der Waals surface area contributed by atoms with Crippen LogP contribution in [-0.4, -0.2) is 24.0 Å². The summed E-state index contributed by atoms with van der Waals surface area (Å²) in [5.74, 6) is 0. The third kappa shape index (κ3) is 0.734. The summed E-state index contributed by atoms with van der Waals surface area (Å²) >= 11 is 0. The molecular formula is C9H15N. The zero-order valence-electron chi connectivity index (χ0n) is 6.80. The molecule has 2 heterocycles. The molecule has 56 valence electrons. The van der Waals surface area contributed by atoms with Gasteiger partial charge in [0.15, 0.2) is 0 Å². The summed E-state index contributed by atoms with van der Waals surface area (Å²) in [5, 5.41) is 0. The van der Waals surface area contributed by atoms with Crippen LogP contribution >= 0.6 is 0 Å². The lowest BCUT2D eigenvalue weighted by Crippen LogP contribution is -2.35. The first-order valence-electron chi connectivity index (χ1n) is 4.17. The molecule has 1 fully saturated rings. The van der Waals surface area contributed by atoms with E-state index in [-0.39, 0.29) is 0 Å². The second-order valence-corrected chi connectivity index (χ2v) is 3.60. The molecule has 1 saturated heterocycles. The maximum Gasteiger partial charge on any atom is 0.0305 e. The Labute approximate surface area is 62.7 Å². The van der Waals surface area contributed by atoms with Crippen LogP contribution in [-0.2, 0) is 0 Å². The molecule has 2 aliphatic rings. The molecule has 0 N–H and O–H groups in total. The molecule has 0 radical (unpaired) electrons. The van der Waals surface area contributed by atoms with E-state index in [0.29, 0.717) is 0 Å². The summed E-state index contributed by atoms with van der Waals surface area (Å²) in [7, 11) is 2.26. The van der Waals surface area contributed by atoms with Gasteiger partial charge < -0.3 is 0 Å². The molecular weight excluding hydrogens is 122 g/mol. The van der Waals surface area contributed by atoms with Crippen LogP contribution in [0.3, 0.4) is 0 Å². The van der Waals surface area contributed by atoms with E-state index < -0.39 is 0 Å². The lowest BCUT2D eigenvalue weighted by atomic mass is 10.0. The van der Waals surface area contributed by atoms with E-state index in [4.69, 9.17) is 0 Å². The van der Waals surface area contributed by atoms with Crippen molar-refractivity contribution in [2.24, 2.45) is 0 Å². The van der Waals surface area contributed by atoms with Crippen LogP contribution in [0.25, 0.3) is 0 Å². The lowest BCUT2D eigenvalue weighted by Gasteiger charge is -2.30. The Kier molecular flexibility index (Phi) is 1.34. The molecule has 0 aliphatic carbocycles. The standard InChI is InChI=1S/C9H15N/c1-7-3-4-8-5-6-9(7)10(8)2/h3,8-9H,4-6H2,1-2H3. The van der Waals surface area contributed by atoms with Gasteiger partial charge in [0, 0.05) is 12.1 Å². The van der Waals surface area contributed by atoms with Gasteiger partial charge in [-0.1, -0.05) is 11.6 Å². The Balaban J connectivity index is 2.26. The van der Waals surface area contributed by atoms with Crippen molar-refractivity contribution in [2.45, 2.75) is 38.3 Å². The number of hydrogen-bond donors (Lipinski definition) is 0. The van der Waals surface area contributed by atoms with E-state index in [1.165, 1.54) is 19.3 Å². The van der Waals surface area contributed by atoms with E-state index in [2.05, 4.69) is 24.9 Å². The summed E-state index contributed by atoms with van der Waals surface area (Å²) < 4.78 is 0. The van der Waals surface area contributed by atoms with Crippen molar-refractivity contribution in [1.29, 1.82) is 0 Å². The Morgan fingerprint density at radius 3 is 3.00 bits per heavy atom. The van der Waals surface area contributed by atoms with Crippen LogP contribution in [0, 0.1) is 0 Å². The van der Waals surface area contributed by atoms with E-state index in [9.17, 15) is 0 Å². The predicted molar refractivity (Wildman–Crippen MR) is 42.9 cm³/mol. The zero-order chi connectivity index (χ0) is 7.14. The van der Waals surface area contributed by atoms with Crippen molar-refractivity contribution in [2.75, 3.05) is 7.05 Å². The average molecular weight is 137 g/mol. The average Bonchev–Trinajstić information content (AvgIpc) is 2.13. The number of nitrogens with zero attached hydrogens (tertiary/aromatic N) is 1. The maximum atomic E-state index is 2.54. The minimum atomic E-state index is 0.791. The van der Waals surface area contributed by atoms with Crippen LogP contribution in [0.4, 0.5) is 0 Å². The van der Waals surface area contributed by atoms with Gasteiger partial charge in [0.1, 0.15) is 0 Å². The molecule has 2 atom stereocenters. The van der Waals surface area contributed by atoms with E-state index in [1.807, 2.05) is 0 Å². The van der Waals surface area contributed by atoms with Gasteiger partial charge in [-0.15, -0.1) is 0 Å². The second kappa shape index (κ2) is 2.09. The molecule has 1 heteroatoms. The van der Waals surface area contributed by atoms with Crippen LogP contribution in [0.15, 0.2) is 11.6 Å². The third-order valence-corrected chi connectivity index (χ3v) is 3.08. The first kappa shape index (κ1) is 6.41. The van der Waals surface area contributed by atoms with Gasteiger partial charge in [0.25, 0.3) is 0 Å². The summed E-state index contributed by atoms with van der Waals surface area (Å²) in [4.78, 5) is 2.54. The highest BCUT2D eigenvalue weighted by Crippen LogP contribution is 2.33. The summed E-state index contributed by atoms with van der Waals surface area (Å²) in [6.45, 7) is 2.27. The Bertz CT molecular complexity index is 172. The predicted octanol–water partition coefficient (Wildman–Crippen LogP) is 1.80. The highest BCUT2D eigenvalue weighted by molar-refractivity contribution is 5.16. The van der Waals surface area contributed by atoms with Gasteiger partial charge in [0.05, 0.1) is 0 Å². The Hall–Kier alpha value is -0.300. The van der Waals surface area contributed by atoms with E-state index in [0.717, 1.165) is 12.1 Å². The van der Waals surface area contributed by atoms with Crippen molar-refractivity contribution >= 4 is 0 Å². The molecule has 2 rings (SSSR count). The topological polar surface area (TPSA) is 3.24 Å². The summed E-state index contributed by atoms with van der Waals surface area (Å²) in [6.07, 6.45) is 6.51. The first-order chi connectivity index (χ1) is 4.79. The highest BCUT2D eigenvalue weighted by atomic mass is 15.2. The summed E-state index contributed by atoms with van der Waals surface area (Å²) in [6, 6.07) is 1.66. The van der Waals surface area contributed by atoms with Crippen LogP contribution in [0.1, 0.15) is 26.2 Å². The molecule has 2 bridgehead atoms. The Morgan fingerprint density at radius 2 is 2.30 bits per heavy atom. The number of fused-ring (bicyclic) bond motifs is 2. The first-order valence-corrected chi connectivity index (χ1v) is 4.17. The molecule has 10 heavy (non-hydrogen) atoms. The Morgan fingerprint density at radius 1 is 1.50 bits per heavy atom. The quantitative estimate of drug-likeness (QED) is 0.460. The number of rotatable bonds is 0. The van der Waals surface area contributed by atoms with Crippen molar-refractivity contribution in [3.05, 3.63) is 11.6 Å². The molecule has 0 saturated carbocycles. The lowest BCUT2D eigenvalue weighted by molar-refractivity contribution is 0.250. The van der Waals surface area contributed by atoms with Crippen molar-refractivity contribution in [1.82, 2.24) is 4.90 Å². The third-order valence-electron chi connectivity index (χ3n) is 3.08. The largest absolute Gasteiger partial charge is 0.296 e. The van der Waals surface area contributed by atoms with Crippen molar-refractivity contribution < 1.29 is 0 Å². The summed E-state index contributed by atoms with van der Waals surface area (Å²) in [5.41, 5.74) is 1.59. The van der Waals surface area contributed by atoms with E-state index in [1.54, 1.807) is 5.57 Å². The van der Waals surface area contributed by atoms with Gasteiger partial charge in [0.2, 0.25) is 0 Å². The molecule has 0 spiro atoms. The zero-order valence-corrected chi connectivity index (χ0v) is 6.80. The van der Waals surface area contributed by atoms with Crippen LogP contribution in [0.2, 0.25) is 0 Å². The van der Waals surface area contributed by atoms with Crippen LogP contribution < -0.4 is 0 Å². The fourth-order valence-electron chi connectivity index (χ4n) is 2.30. The van der Waals surface area contributed by atoms with Crippen molar-refractivity contribution in [3.63, 3.8) is 0 Å². The SMILES string of the molecule is CC1=CCC2CCC1N2C. The van der Waals surface area contributed by atoms with Crippen LogP contribution in [0.5, 0.6) is 0 Å². The normalized spacial score (nSPS) is 40.0. The van der Waals surface area contributed by atoms with Gasteiger partial charge in [-0.25, -0.2) is 0 Å². The molecule has 2 aliphatic heterocycles. The minimum Gasteiger partial charge on any atom is -0.296 e. The van der Waals surface area contributed by atoms with E-state index >= 15 is 0 Å². The monoisotopic (exact) mass is 137 g/mol. The number of hydrogen-bond acceptors (Lipinski definition) is 1. The van der Waals surface area contributed by atoms with Gasteiger partial charge in [-0.2, -0.15) is 0 Å². The van der Waals surface area contributed by atoms with Gasteiger partial charge >= 0.3 is 0 Å². The molecule has 2 unspecified atom stereocenters. The molecule has 0 amide bonds. The molecule has 0 aromatic heterocycles. The van der Waals surface area contributed by atoms with Gasteiger partial charge in [-0.3, -0.25) is 4.90 Å². The molecule has 0 aromatic carbocycles. The van der Waals surface area contributed by atoms with Gasteiger partial charge in [-0.05, 0) is 33.2 Å². The van der Waals surface area contributed by atoms with Crippen molar-refractivity contribution in [3.8, 4) is 0 Å². The fourth-order valence-corrected chi connectivity index (χ4v) is 2.30. The second-order valence-electron chi connectivity index (χ2n) is 3.60. The molecule has 1 nitrogen and oxygen atoms in total. The smallest absolute Gasteiger partial charge is 0.0305 e.